The van der Waals surface area contributed by atoms with Crippen molar-refractivity contribution in [1.82, 2.24) is 15.1 Å². The van der Waals surface area contributed by atoms with Crippen LogP contribution in [0.3, 0.4) is 0 Å². The van der Waals surface area contributed by atoms with E-state index in [2.05, 4.69) is 28.3 Å². The lowest BCUT2D eigenvalue weighted by atomic mass is 9.53. The number of piperidine rings is 1. The third kappa shape index (κ3) is 5.82. The van der Waals surface area contributed by atoms with Crippen LogP contribution in [-0.2, 0) is 21.4 Å². The van der Waals surface area contributed by atoms with Gasteiger partial charge in [-0.1, -0.05) is 25.1 Å². The van der Waals surface area contributed by atoms with Gasteiger partial charge in [-0.05, 0) is 57.3 Å². The highest BCUT2D eigenvalue weighted by molar-refractivity contribution is 5.89. The molecule has 2 unspecified atom stereocenters. The molecular formula is C31H44N6O6. The Morgan fingerprint density at radius 3 is 2.81 bits per heavy atom. The topological polar surface area (TPSA) is 173 Å². The molecule has 2 aliphatic heterocycles. The van der Waals surface area contributed by atoms with Crippen LogP contribution in [0.4, 0.5) is 4.79 Å². The lowest BCUT2D eigenvalue weighted by Gasteiger charge is -2.56. The molecule has 234 valence electrons. The van der Waals surface area contributed by atoms with E-state index in [1.54, 1.807) is 20.0 Å². The summed E-state index contributed by atoms with van der Waals surface area (Å²) in [7, 11) is 3.78. The van der Waals surface area contributed by atoms with E-state index >= 15 is 0 Å². The normalized spacial score (nSPS) is 27.0. The Morgan fingerprint density at radius 2 is 2.07 bits per heavy atom. The number of benzene rings is 1. The van der Waals surface area contributed by atoms with Crippen molar-refractivity contribution in [1.29, 1.82) is 0 Å². The van der Waals surface area contributed by atoms with Crippen molar-refractivity contribution in [3.8, 4) is 11.5 Å². The number of nitrogens with two attached hydrogens (primary N) is 2. The van der Waals surface area contributed by atoms with E-state index < -0.39 is 24.3 Å². The molecule has 2 heterocycles. The molecule has 4 aliphatic rings. The van der Waals surface area contributed by atoms with Crippen molar-refractivity contribution in [3.05, 3.63) is 35.4 Å². The predicted octanol–water partition coefficient (Wildman–Crippen LogP) is 1.22. The Labute approximate surface area is 252 Å². The number of Topliss-reactive ketones (excluding diaryl/α,β-unsaturated/α-hetero) is 1. The van der Waals surface area contributed by atoms with E-state index in [1.807, 2.05) is 12.1 Å². The number of likely N-dealkylation sites (N-methyl/N-ethyl adjacent to an activating group) is 1. The monoisotopic (exact) mass is 596 g/mol. The summed E-state index contributed by atoms with van der Waals surface area (Å²) in [5, 5.41) is 13.7. The highest BCUT2D eigenvalue weighted by atomic mass is 16.6. The summed E-state index contributed by atoms with van der Waals surface area (Å²) in [4.78, 5) is 45.8. The van der Waals surface area contributed by atoms with Gasteiger partial charge in [-0.3, -0.25) is 14.6 Å². The van der Waals surface area contributed by atoms with Gasteiger partial charge in [0.15, 0.2) is 23.2 Å². The SMILES string of the molecule is CCC(=O)N[C@@H](CCCN=C(N)N)C(=O)CCCN(C)C(=O)Oc1ccc2c3c1O[C@H]1C(O)C=CC4[C@@H](C2)N(C)CC[C@@]341. The van der Waals surface area contributed by atoms with Crippen molar-refractivity contribution in [2.45, 2.75) is 81.6 Å². The fourth-order valence-corrected chi connectivity index (χ4v) is 7.35. The maximum absolute atomic E-state index is 13.1. The number of hydrogen-bond acceptors (Lipinski definition) is 8. The van der Waals surface area contributed by atoms with Gasteiger partial charge in [0.25, 0.3) is 0 Å². The number of hydrogen-bond donors (Lipinski definition) is 4. The molecule has 2 aliphatic carbocycles. The molecule has 6 atom stereocenters. The number of carbonyl (C=O) groups is 3. The maximum Gasteiger partial charge on any atom is 0.415 e. The van der Waals surface area contributed by atoms with E-state index in [0.717, 1.165) is 24.9 Å². The van der Waals surface area contributed by atoms with E-state index in [0.29, 0.717) is 49.9 Å². The van der Waals surface area contributed by atoms with E-state index in [9.17, 15) is 19.5 Å². The first-order chi connectivity index (χ1) is 20.6. The Balaban J connectivity index is 1.21. The predicted molar refractivity (Wildman–Crippen MR) is 161 cm³/mol. The first-order valence-electron chi connectivity index (χ1n) is 15.3. The van der Waals surface area contributed by atoms with Crippen LogP contribution < -0.4 is 26.3 Å². The van der Waals surface area contributed by atoms with E-state index in [1.165, 1.54) is 10.5 Å². The average Bonchev–Trinajstić information content (AvgIpc) is 3.34. The van der Waals surface area contributed by atoms with Crippen molar-refractivity contribution < 1.29 is 29.0 Å². The van der Waals surface area contributed by atoms with Crippen LogP contribution in [0.1, 0.15) is 56.6 Å². The first-order valence-corrected chi connectivity index (χ1v) is 15.3. The van der Waals surface area contributed by atoms with Gasteiger partial charge < -0.3 is 41.2 Å². The molecule has 5 rings (SSSR count). The zero-order chi connectivity index (χ0) is 30.9. The summed E-state index contributed by atoms with van der Waals surface area (Å²) in [6, 6.07) is 3.51. The molecule has 1 aromatic rings. The number of guanidine groups is 1. The standard InChI is InChI=1S/C31H44N6O6/c1-4-25(40)35-20(7-5-14-34-29(32)33)22(38)8-6-15-37(3)30(41)42-24-12-9-18-17-21-19-10-11-23(39)28-31(19,13-16-36(21)2)26(18)27(24)43-28/h9-12,19-21,23,28,39H,4-8,13-17H2,1-3H3,(H,35,40)(H4,32,33,34)/t19?,20-,21+,23?,28-,31-/m0/s1. The fourth-order valence-electron chi connectivity index (χ4n) is 7.35. The van der Waals surface area contributed by atoms with E-state index in [-0.39, 0.29) is 41.8 Å². The molecule has 0 aromatic heterocycles. The molecule has 2 bridgehead atoms. The summed E-state index contributed by atoms with van der Waals surface area (Å²) in [6.07, 6.45) is 5.85. The summed E-state index contributed by atoms with van der Waals surface area (Å²) in [6.45, 7) is 3.30. The van der Waals surface area contributed by atoms with Crippen molar-refractivity contribution >= 4 is 23.7 Å². The van der Waals surface area contributed by atoms with Crippen LogP contribution in [0.5, 0.6) is 11.5 Å². The molecule has 0 saturated carbocycles. The largest absolute Gasteiger partial charge is 0.482 e. The highest BCUT2D eigenvalue weighted by Crippen LogP contribution is 2.62. The maximum atomic E-state index is 13.1. The van der Waals surface area contributed by atoms with Gasteiger partial charge >= 0.3 is 6.09 Å². The zero-order valence-corrected chi connectivity index (χ0v) is 25.3. The smallest absolute Gasteiger partial charge is 0.415 e. The third-order valence-electron chi connectivity index (χ3n) is 9.55. The number of amides is 2. The van der Waals surface area contributed by atoms with Crippen LogP contribution in [-0.4, -0.2) is 96.7 Å². The van der Waals surface area contributed by atoms with Gasteiger partial charge in [-0.15, -0.1) is 0 Å². The molecule has 12 heteroatoms. The van der Waals surface area contributed by atoms with Gasteiger partial charge in [-0.2, -0.15) is 0 Å². The molecule has 1 fully saturated rings. The van der Waals surface area contributed by atoms with Crippen LogP contribution in [0.25, 0.3) is 0 Å². The minimum absolute atomic E-state index is 0.0154. The highest BCUT2D eigenvalue weighted by Gasteiger charge is 2.64. The Morgan fingerprint density at radius 1 is 1.28 bits per heavy atom. The molecule has 1 saturated heterocycles. The second kappa shape index (κ2) is 12.5. The number of carbonyl (C=O) groups excluding carboxylic acids is 3. The van der Waals surface area contributed by atoms with Gasteiger partial charge in [0.05, 0.1) is 6.04 Å². The van der Waals surface area contributed by atoms with Crippen LogP contribution >= 0.6 is 0 Å². The molecule has 6 N–H and O–H groups in total. The lowest BCUT2D eigenvalue weighted by Crippen LogP contribution is -2.64. The quantitative estimate of drug-likeness (QED) is 0.120. The number of aliphatic imine (C=N–C) groups is 1. The van der Waals surface area contributed by atoms with Gasteiger partial charge in [0, 0.05) is 55.9 Å². The van der Waals surface area contributed by atoms with E-state index in [4.69, 9.17) is 20.9 Å². The summed E-state index contributed by atoms with van der Waals surface area (Å²) < 4.78 is 12.3. The van der Waals surface area contributed by atoms with Crippen molar-refractivity contribution in [3.63, 3.8) is 0 Å². The number of aliphatic hydroxyl groups excluding tert-OH is 1. The van der Waals surface area contributed by atoms with Gasteiger partial charge in [0.1, 0.15) is 12.2 Å². The van der Waals surface area contributed by atoms with Crippen LogP contribution in [0, 0.1) is 5.92 Å². The Hall–Kier alpha value is -3.64. The molecule has 0 radical (unpaired) electrons. The van der Waals surface area contributed by atoms with Crippen molar-refractivity contribution in [2.24, 2.45) is 22.4 Å². The number of ketones is 1. The van der Waals surface area contributed by atoms with Crippen LogP contribution in [0.2, 0.25) is 0 Å². The molecule has 43 heavy (non-hydrogen) atoms. The Bertz CT molecular complexity index is 1310. The third-order valence-corrected chi connectivity index (χ3v) is 9.55. The Kier molecular flexibility index (Phi) is 8.98. The second-order valence-electron chi connectivity index (χ2n) is 12.2. The molecule has 12 nitrogen and oxygen atoms in total. The van der Waals surface area contributed by atoms with Crippen molar-refractivity contribution in [2.75, 3.05) is 33.7 Å². The number of aliphatic hydroxyl groups is 1. The first kappa shape index (κ1) is 30.8. The minimum Gasteiger partial charge on any atom is -0.482 e. The zero-order valence-electron chi connectivity index (χ0n) is 25.3. The second-order valence-corrected chi connectivity index (χ2v) is 12.2. The fraction of sp³-hybridized carbons (Fsp3) is 0.613. The number of nitrogens with zero attached hydrogens (tertiary/aromatic N) is 3. The minimum atomic E-state index is -0.736. The summed E-state index contributed by atoms with van der Waals surface area (Å²) >= 11 is 0. The van der Waals surface area contributed by atoms with Gasteiger partial charge in [0.2, 0.25) is 5.91 Å². The molecule has 1 spiro atoms. The summed E-state index contributed by atoms with van der Waals surface area (Å²) in [5.74, 6) is 0.804. The van der Waals surface area contributed by atoms with Crippen LogP contribution in [0.15, 0.2) is 29.3 Å². The number of likely N-dealkylation sites (tertiary alicyclic amines) is 1. The number of nitrogens with one attached hydrogen (secondary N) is 1. The number of ether oxygens (including phenoxy) is 2. The average molecular weight is 597 g/mol. The van der Waals surface area contributed by atoms with Gasteiger partial charge in [-0.25, -0.2) is 4.79 Å². The molecule has 2 amide bonds. The number of rotatable bonds is 12. The molecular weight excluding hydrogens is 552 g/mol. The lowest BCUT2D eigenvalue weighted by molar-refractivity contribution is -0.127. The molecule has 1 aromatic carbocycles. The summed E-state index contributed by atoms with van der Waals surface area (Å²) in [5.41, 5.74) is 12.7.